The van der Waals surface area contributed by atoms with Gasteiger partial charge in [0.2, 0.25) is 0 Å². The van der Waals surface area contributed by atoms with E-state index in [2.05, 4.69) is 31.2 Å². The van der Waals surface area contributed by atoms with Crippen LogP contribution in [0.25, 0.3) is 55.6 Å². The van der Waals surface area contributed by atoms with Crippen LogP contribution in [0.2, 0.25) is 0 Å². The van der Waals surface area contributed by atoms with Crippen molar-refractivity contribution in [2.45, 2.75) is 0 Å². The van der Waals surface area contributed by atoms with E-state index in [1.54, 1.807) is 18.6 Å². The van der Waals surface area contributed by atoms with E-state index in [1.165, 1.54) is 19.2 Å². The Kier molecular flexibility index (Phi) is 4.40. The Morgan fingerprint density at radius 2 is 1.82 bits per heavy atom. The molecule has 6 nitrogen and oxygen atoms in total. The monoisotopic (exact) mass is 435 g/mol. The number of benzene rings is 3. The van der Waals surface area contributed by atoms with Gasteiger partial charge in [-0.25, -0.2) is 4.39 Å². The van der Waals surface area contributed by atoms with E-state index in [4.69, 9.17) is 4.74 Å². The number of methoxy groups -OCH3 is 1. The zero-order valence-corrected chi connectivity index (χ0v) is 17.6. The fourth-order valence-electron chi connectivity index (χ4n) is 4.20. The van der Waals surface area contributed by atoms with Crippen molar-refractivity contribution in [3.63, 3.8) is 0 Å². The molecule has 3 aromatic heterocycles. The Morgan fingerprint density at radius 3 is 2.67 bits per heavy atom. The van der Waals surface area contributed by atoms with E-state index < -0.39 is 0 Å². The lowest BCUT2D eigenvalue weighted by Crippen LogP contribution is -1.87. The number of rotatable bonds is 4. The molecule has 0 unspecified atom stereocenters. The number of hydrogen-bond donors (Lipinski definition) is 2. The van der Waals surface area contributed by atoms with Gasteiger partial charge in [0.15, 0.2) is 0 Å². The summed E-state index contributed by atoms with van der Waals surface area (Å²) in [6, 6.07) is 18.7. The van der Waals surface area contributed by atoms with Crippen molar-refractivity contribution in [2.75, 3.05) is 7.11 Å². The molecule has 0 aliphatic rings. The zero-order valence-electron chi connectivity index (χ0n) is 17.6. The summed E-state index contributed by atoms with van der Waals surface area (Å²) < 4.78 is 19.4. The van der Waals surface area contributed by atoms with Gasteiger partial charge in [-0.05, 0) is 47.5 Å². The fraction of sp³-hybridized carbons (Fsp3) is 0.0385. The number of fused-ring (bicyclic) bond motifs is 2. The van der Waals surface area contributed by atoms with Crippen molar-refractivity contribution in [3.05, 3.63) is 85.1 Å². The first-order chi connectivity index (χ1) is 16.2. The topological polar surface area (TPSA) is 79.5 Å². The lowest BCUT2D eigenvalue weighted by atomic mass is 10.0. The minimum Gasteiger partial charge on any atom is -0.497 e. The summed E-state index contributed by atoms with van der Waals surface area (Å²) in [7, 11) is 1.53. The Bertz CT molecular complexity index is 1620. The molecule has 6 rings (SSSR count). The van der Waals surface area contributed by atoms with Gasteiger partial charge >= 0.3 is 0 Å². The van der Waals surface area contributed by atoms with Crippen molar-refractivity contribution in [2.24, 2.45) is 0 Å². The Hall–Kier alpha value is -4.52. The Morgan fingerprint density at radius 1 is 0.879 bits per heavy atom. The van der Waals surface area contributed by atoms with Crippen LogP contribution in [0, 0.1) is 5.82 Å². The largest absolute Gasteiger partial charge is 0.497 e. The molecule has 7 heteroatoms. The highest BCUT2D eigenvalue weighted by atomic mass is 19.1. The van der Waals surface area contributed by atoms with Gasteiger partial charge in [0.1, 0.15) is 17.3 Å². The third-order valence-corrected chi connectivity index (χ3v) is 5.76. The van der Waals surface area contributed by atoms with Crippen LogP contribution in [-0.4, -0.2) is 32.3 Å². The summed E-state index contributed by atoms with van der Waals surface area (Å²) in [4.78, 5) is 12.0. The van der Waals surface area contributed by atoms with Gasteiger partial charge in [-0.1, -0.05) is 18.2 Å². The summed E-state index contributed by atoms with van der Waals surface area (Å²) in [5.74, 6) is 0.138. The molecule has 6 aromatic rings. The molecule has 160 valence electrons. The summed E-state index contributed by atoms with van der Waals surface area (Å²) in [6.07, 6.45) is 5.07. The molecule has 0 spiro atoms. The first-order valence-electron chi connectivity index (χ1n) is 10.4. The summed E-state index contributed by atoms with van der Waals surface area (Å²) in [5.41, 5.74) is 6.94. The van der Waals surface area contributed by atoms with E-state index in [1.807, 2.05) is 42.5 Å². The molecule has 3 heterocycles. The summed E-state index contributed by atoms with van der Waals surface area (Å²) in [5, 5.41) is 9.62. The second-order valence-electron chi connectivity index (χ2n) is 7.75. The van der Waals surface area contributed by atoms with Crippen LogP contribution < -0.4 is 4.74 Å². The van der Waals surface area contributed by atoms with Crippen molar-refractivity contribution in [1.82, 2.24) is 25.1 Å². The van der Waals surface area contributed by atoms with Gasteiger partial charge in [0.25, 0.3) is 0 Å². The third kappa shape index (κ3) is 3.30. The third-order valence-electron chi connectivity index (χ3n) is 5.76. The summed E-state index contributed by atoms with van der Waals surface area (Å²) >= 11 is 0. The van der Waals surface area contributed by atoms with Gasteiger partial charge in [-0.3, -0.25) is 15.1 Å². The molecule has 0 aliphatic heterocycles. The maximum atomic E-state index is 14.2. The predicted octanol–water partition coefficient (Wildman–Crippen LogP) is 5.98. The van der Waals surface area contributed by atoms with E-state index in [0.29, 0.717) is 5.75 Å². The predicted molar refractivity (Wildman–Crippen MR) is 126 cm³/mol. The maximum Gasteiger partial charge on any atom is 0.127 e. The number of hydrogen-bond acceptors (Lipinski definition) is 4. The minimum absolute atomic E-state index is 0.341. The van der Waals surface area contributed by atoms with E-state index >= 15 is 0 Å². The van der Waals surface area contributed by atoms with Crippen molar-refractivity contribution in [1.29, 1.82) is 0 Å². The highest BCUT2D eigenvalue weighted by Crippen LogP contribution is 2.36. The van der Waals surface area contributed by atoms with Gasteiger partial charge in [-0.15, -0.1) is 0 Å². The number of nitrogens with zero attached hydrogens (tertiary/aromatic N) is 3. The second-order valence-corrected chi connectivity index (χ2v) is 7.75. The molecule has 33 heavy (non-hydrogen) atoms. The van der Waals surface area contributed by atoms with Gasteiger partial charge in [0.05, 0.1) is 30.2 Å². The fourth-order valence-corrected chi connectivity index (χ4v) is 4.20. The van der Waals surface area contributed by atoms with E-state index in [9.17, 15) is 4.39 Å². The molecule has 0 fully saturated rings. The normalized spacial score (nSPS) is 11.3. The lowest BCUT2D eigenvalue weighted by molar-refractivity contribution is 0.411. The van der Waals surface area contributed by atoms with E-state index in [-0.39, 0.29) is 5.82 Å². The average Bonchev–Trinajstić information content (AvgIpc) is 3.47. The molecular formula is C26H18FN5O. The molecule has 0 amide bonds. The Balaban J connectivity index is 1.50. The number of ether oxygens (including phenoxy) is 1. The van der Waals surface area contributed by atoms with Crippen LogP contribution in [0.4, 0.5) is 4.39 Å². The molecule has 2 N–H and O–H groups in total. The van der Waals surface area contributed by atoms with Gasteiger partial charge in [-0.2, -0.15) is 5.10 Å². The van der Waals surface area contributed by atoms with Crippen LogP contribution in [0.15, 0.2) is 79.3 Å². The van der Waals surface area contributed by atoms with Crippen LogP contribution in [-0.2, 0) is 0 Å². The molecule has 0 bridgehead atoms. The lowest BCUT2D eigenvalue weighted by Gasteiger charge is -2.07. The van der Waals surface area contributed by atoms with E-state index in [0.717, 1.165) is 55.6 Å². The molecule has 0 radical (unpaired) electrons. The first-order valence-corrected chi connectivity index (χ1v) is 10.4. The highest BCUT2D eigenvalue weighted by Gasteiger charge is 2.15. The molecule has 0 saturated heterocycles. The van der Waals surface area contributed by atoms with Crippen LogP contribution in [0.5, 0.6) is 5.75 Å². The van der Waals surface area contributed by atoms with Gasteiger partial charge in [0, 0.05) is 40.3 Å². The standard InChI is InChI=1S/C26H18FN5O/c1-33-18-10-16(9-17(27)12-18)19-3-2-4-22-20(19)13-24(30-22)26-21-11-15(5-6-23(21)31-32-26)25-14-28-7-8-29-25/h2-14,30H,1H3,(H,31,32). The quantitative estimate of drug-likeness (QED) is 0.357. The smallest absolute Gasteiger partial charge is 0.127 e. The molecule has 3 aromatic carbocycles. The Labute approximate surface area is 188 Å². The number of halogens is 1. The average molecular weight is 435 g/mol. The zero-order chi connectivity index (χ0) is 22.4. The SMILES string of the molecule is COc1cc(F)cc(-c2cccc3[nH]c(-c4n[nH]c5ccc(-c6cnccn6)cc45)cc23)c1. The highest BCUT2D eigenvalue weighted by molar-refractivity contribution is 6.01. The number of nitrogens with one attached hydrogen (secondary N) is 2. The molecular weight excluding hydrogens is 417 g/mol. The van der Waals surface area contributed by atoms with Crippen molar-refractivity contribution >= 4 is 21.8 Å². The minimum atomic E-state index is -0.341. The summed E-state index contributed by atoms with van der Waals surface area (Å²) in [6.45, 7) is 0. The maximum absolute atomic E-state index is 14.2. The number of aromatic nitrogens is 5. The molecule has 0 aliphatic carbocycles. The van der Waals surface area contributed by atoms with Crippen LogP contribution >= 0.6 is 0 Å². The van der Waals surface area contributed by atoms with Crippen LogP contribution in [0.1, 0.15) is 0 Å². The van der Waals surface area contributed by atoms with Crippen LogP contribution in [0.3, 0.4) is 0 Å². The van der Waals surface area contributed by atoms with Gasteiger partial charge < -0.3 is 9.72 Å². The molecule has 0 saturated carbocycles. The van der Waals surface area contributed by atoms with Crippen molar-refractivity contribution in [3.8, 4) is 39.5 Å². The number of aromatic amines is 2. The second kappa shape index (κ2) is 7.56. The molecule has 0 atom stereocenters. The first kappa shape index (κ1) is 19.2. The van der Waals surface area contributed by atoms with Crippen molar-refractivity contribution < 1.29 is 9.13 Å². The number of H-pyrrole nitrogens is 2.